The van der Waals surface area contributed by atoms with Crippen molar-refractivity contribution in [1.82, 2.24) is 5.43 Å². The summed E-state index contributed by atoms with van der Waals surface area (Å²) in [6.45, 7) is 0.226. The summed E-state index contributed by atoms with van der Waals surface area (Å²) in [6, 6.07) is 28.3. The highest BCUT2D eigenvalue weighted by Gasteiger charge is 2.13. The Kier molecular flexibility index (Phi) is 6.29. The summed E-state index contributed by atoms with van der Waals surface area (Å²) in [5, 5.41) is 16.3. The Labute approximate surface area is 209 Å². The first-order chi connectivity index (χ1) is 17.1. The van der Waals surface area contributed by atoms with Crippen LogP contribution in [-0.4, -0.2) is 12.1 Å². The average Bonchev–Trinajstić information content (AvgIpc) is 3.31. The number of carbonyl (C=O) groups is 1. The van der Waals surface area contributed by atoms with E-state index in [1.54, 1.807) is 24.4 Å². The molecule has 0 aliphatic heterocycles. The van der Waals surface area contributed by atoms with Crippen LogP contribution >= 0.6 is 15.9 Å². The third kappa shape index (κ3) is 4.79. The van der Waals surface area contributed by atoms with E-state index in [9.17, 15) is 10.1 Å². The smallest absolute Gasteiger partial charge is 0.307 e. The van der Waals surface area contributed by atoms with E-state index < -0.39 is 5.91 Å². The van der Waals surface area contributed by atoms with Gasteiger partial charge >= 0.3 is 5.91 Å². The zero-order chi connectivity index (χ0) is 24.2. The number of fused-ring (bicyclic) bond motifs is 2. The molecule has 0 atom stereocenters. The molecule has 35 heavy (non-hydrogen) atoms. The number of benzene rings is 4. The van der Waals surface area contributed by atoms with E-state index >= 15 is 0 Å². The van der Waals surface area contributed by atoms with Gasteiger partial charge in [0.25, 0.3) is 0 Å². The predicted octanol–water partition coefficient (Wildman–Crippen LogP) is 6.56. The molecule has 5 rings (SSSR count). The van der Waals surface area contributed by atoms with Crippen LogP contribution < -0.4 is 10.2 Å². The molecule has 7 heteroatoms. The van der Waals surface area contributed by atoms with Crippen LogP contribution in [0, 0.1) is 11.3 Å². The number of carbonyl (C=O) groups excluding carboxylic acids is 1. The average molecular weight is 524 g/mol. The lowest BCUT2D eigenvalue weighted by Crippen LogP contribution is -2.16. The summed E-state index contributed by atoms with van der Waals surface area (Å²) in [4.78, 5) is 12.6. The minimum absolute atomic E-state index is 0.165. The summed E-state index contributed by atoms with van der Waals surface area (Å²) in [5.74, 6) is 0.292. The Morgan fingerprint density at radius 1 is 1.03 bits per heavy atom. The van der Waals surface area contributed by atoms with Gasteiger partial charge in [-0.1, -0.05) is 64.5 Å². The second-order valence-corrected chi connectivity index (χ2v) is 8.66. The number of ether oxygens (including phenoxy) is 1. The van der Waals surface area contributed by atoms with Gasteiger partial charge in [-0.15, -0.1) is 0 Å². The molecule has 1 heterocycles. The number of hydrazone groups is 1. The second kappa shape index (κ2) is 9.84. The van der Waals surface area contributed by atoms with Crippen LogP contribution in [0.15, 0.2) is 98.9 Å². The summed E-state index contributed by atoms with van der Waals surface area (Å²) >= 11 is 3.42. The molecular weight excluding hydrogens is 506 g/mol. The fraction of sp³-hybridized carbons (Fsp3) is 0.0357. The highest BCUT2D eigenvalue weighted by Crippen LogP contribution is 2.28. The van der Waals surface area contributed by atoms with Crippen LogP contribution in [0.25, 0.3) is 21.7 Å². The topological polar surface area (TPSA) is 87.6 Å². The number of nitrogens with one attached hydrogen (secondary N) is 1. The van der Waals surface area contributed by atoms with Gasteiger partial charge in [0.2, 0.25) is 0 Å². The Hall–Kier alpha value is -4.41. The van der Waals surface area contributed by atoms with Crippen molar-refractivity contribution in [2.24, 2.45) is 5.10 Å². The Morgan fingerprint density at radius 3 is 2.74 bits per heavy atom. The molecule has 0 aliphatic rings. The lowest BCUT2D eigenvalue weighted by Gasteiger charge is -2.12. The first kappa shape index (κ1) is 22.4. The van der Waals surface area contributed by atoms with Crippen molar-refractivity contribution in [3.05, 3.63) is 112 Å². The molecule has 0 unspecified atom stereocenters. The molecule has 170 valence electrons. The number of hydrogen-bond donors (Lipinski definition) is 1. The van der Waals surface area contributed by atoms with Gasteiger partial charge in [0, 0.05) is 21.0 Å². The number of hydrogen-bond acceptors (Lipinski definition) is 5. The zero-order valence-electron chi connectivity index (χ0n) is 18.4. The first-order valence-electron chi connectivity index (χ1n) is 10.8. The van der Waals surface area contributed by atoms with E-state index in [0.29, 0.717) is 22.5 Å². The fourth-order valence-electron chi connectivity index (χ4n) is 3.78. The van der Waals surface area contributed by atoms with Crippen LogP contribution in [0.1, 0.15) is 27.2 Å². The highest BCUT2D eigenvalue weighted by molar-refractivity contribution is 9.10. The first-order valence-corrected chi connectivity index (χ1v) is 11.6. The summed E-state index contributed by atoms with van der Waals surface area (Å²) in [5.41, 5.74) is 5.21. The van der Waals surface area contributed by atoms with Crippen molar-refractivity contribution in [2.45, 2.75) is 6.61 Å². The molecule has 0 spiro atoms. The van der Waals surface area contributed by atoms with Gasteiger partial charge in [-0.3, -0.25) is 4.79 Å². The van der Waals surface area contributed by atoms with Gasteiger partial charge in [-0.25, -0.2) is 5.43 Å². The number of nitrogens with zero attached hydrogens (tertiary/aromatic N) is 2. The number of nitriles is 1. The van der Waals surface area contributed by atoms with E-state index in [1.165, 1.54) is 0 Å². The van der Waals surface area contributed by atoms with Crippen molar-refractivity contribution in [3.63, 3.8) is 0 Å². The fourth-order valence-corrected chi connectivity index (χ4v) is 4.16. The maximum atomic E-state index is 12.6. The zero-order valence-corrected chi connectivity index (χ0v) is 20.0. The monoisotopic (exact) mass is 523 g/mol. The normalized spacial score (nSPS) is 11.1. The molecule has 0 radical (unpaired) electrons. The SMILES string of the molecule is N#Cc1ccccc1COc1ccc2ccccc2c1C=NNC(=O)c1cc2cc(Br)ccc2o1. The molecule has 5 aromatic rings. The van der Waals surface area contributed by atoms with E-state index in [-0.39, 0.29) is 12.4 Å². The quantitative estimate of drug-likeness (QED) is 0.201. The van der Waals surface area contributed by atoms with Gasteiger partial charge in [0.15, 0.2) is 5.76 Å². The van der Waals surface area contributed by atoms with Gasteiger partial charge < -0.3 is 9.15 Å². The van der Waals surface area contributed by atoms with E-state index in [0.717, 1.165) is 26.2 Å². The Morgan fingerprint density at radius 2 is 1.86 bits per heavy atom. The van der Waals surface area contributed by atoms with Gasteiger partial charge in [-0.2, -0.15) is 10.4 Å². The maximum absolute atomic E-state index is 12.6. The molecule has 6 nitrogen and oxygen atoms in total. The van der Waals surface area contributed by atoms with Gasteiger partial charge in [0.05, 0.1) is 17.8 Å². The van der Waals surface area contributed by atoms with Crippen molar-refractivity contribution in [3.8, 4) is 11.8 Å². The van der Waals surface area contributed by atoms with Crippen LogP contribution in [0.2, 0.25) is 0 Å². The minimum Gasteiger partial charge on any atom is -0.488 e. The van der Waals surface area contributed by atoms with E-state index in [1.807, 2.05) is 66.7 Å². The van der Waals surface area contributed by atoms with Crippen LogP contribution in [0.5, 0.6) is 5.75 Å². The molecule has 0 saturated carbocycles. The Bertz CT molecular complexity index is 1630. The lowest BCUT2D eigenvalue weighted by atomic mass is 10.0. The number of halogens is 1. The molecule has 0 fully saturated rings. The summed E-state index contributed by atoms with van der Waals surface area (Å²) in [6.07, 6.45) is 1.56. The number of amides is 1. The Balaban J connectivity index is 1.40. The van der Waals surface area contributed by atoms with Crippen molar-refractivity contribution < 1.29 is 13.9 Å². The van der Waals surface area contributed by atoms with Crippen molar-refractivity contribution in [2.75, 3.05) is 0 Å². The molecule has 0 aliphatic carbocycles. The van der Waals surface area contributed by atoms with E-state index in [4.69, 9.17) is 9.15 Å². The minimum atomic E-state index is -0.459. The highest BCUT2D eigenvalue weighted by atomic mass is 79.9. The largest absolute Gasteiger partial charge is 0.488 e. The lowest BCUT2D eigenvalue weighted by molar-refractivity contribution is 0.0929. The standard InChI is InChI=1S/C28H18BrN3O3/c29-22-10-12-25-21(13-22)14-27(35-25)28(33)32-31-16-24-23-8-4-3-5-18(23)9-11-26(24)34-17-20-7-2-1-6-19(20)15-30/h1-14,16H,17H2,(H,32,33). The number of furan rings is 1. The third-order valence-corrected chi connectivity index (χ3v) is 6.01. The van der Waals surface area contributed by atoms with Crippen LogP contribution in [0.4, 0.5) is 0 Å². The second-order valence-electron chi connectivity index (χ2n) is 7.75. The van der Waals surface area contributed by atoms with E-state index in [2.05, 4.69) is 32.5 Å². The molecule has 1 N–H and O–H groups in total. The maximum Gasteiger partial charge on any atom is 0.307 e. The molecule has 4 aromatic carbocycles. The van der Waals surface area contributed by atoms with Crippen LogP contribution in [0.3, 0.4) is 0 Å². The van der Waals surface area contributed by atoms with Gasteiger partial charge in [0.1, 0.15) is 17.9 Å². The molecule has 1 amide bonds. The van der Waals surface area contributed by atoms with Crippen molar-refractivity contribution >= 4 is 49.8 Å². The molecule has 1 aromatic heterocycles. The molecule has 0 saturated heterocycles. The van der Waals surface area contributed by atoms with Crippen molar-refractivity contribution in [1.29, 1.82) is 5.26 Å². The summed E-state index contributed by atoms with van der Waals surface area (Å²) in [7, 11) is 0. The van der Waals surface area contributed by atoms with Crippen LogP contribution in [-0.2, 0) is 6.61 Å². The molecule has 0 bridgehead atoms. The summed E-state index contributed by atoms with van der Waals surface area (Å²) < 4.78 is 12.6. The van der Waals surface area contributed by atoms with Gasteiger partial charge in [-0.05, 0) is 47.2 Å². The number of rotatable bonds is 6. The predicted molar refractivity (Wildman–Crippen MR) is 138 cm³/mol. The molecular formula is C28H18BrN3O3. The third-order valence-electron chi connectivity index (χ3n) is 5.51.